The fourth-order valence-corrected chi connectivity index (χ4v) is 3.56. The minimum atomic E-state index is 0.629. The predicted octanol–water partition coefficient (Wildman–Crippen LogP) is 1.84. The fourth-order valence-electron chi connectivity index (χ4n) is 3.56. The van der Waals surface area contributed by atoms with Crippen molar-refractivity contribution in [2.24, 2.45) is 0 Å². The van der Waals surface area contributed by atoms with E-state index >= 15 is 0 Å². The van der Waals surface area contributed by atoms with Gasteiger partial charge < -0.3 is 9.80 Å². The van der Waals surface area contributed by atoms with E-state index in [2.05, 4.69) is 73.5 Å². The van der Waals surface area contributed by atoms with Gasteiger partial charge in [-0.05, 0) is 37.6 Å². The molecule has 1 aromatic carbocycles. The van der Waals surface area contributed by atoms with Gasteiger partial charge in [-0.25, -0.2) is 0 Å². The lowest BCUT2D eigenvalue weighted by Crippen LogP contribution is -2.47. The number of piperazine rings is 1. The Hall–Kier alpha value is -2.90. The van der Waals surface area contributed by atoms with Crippen molar-refractivity contribution in [3.05, 3.63) is 35.2 Å². The van der Waals surface area contributed by atoms with Gasteiger partial charge in [-0.15, -0.1) is 10.2 Å². The van der Waals surface area contributed by atoms with Gasteiger partial charge in [-0.1, -0.05) is 12.1 Å². The number of nitrogens with zero attached hydrogens (tertiary/aromatic N) is 6. The van der Waals surface area contributed by atoms with E-state index in [9.17, 15) is 0 Å². The van der Waals surface area contributed by atoms with Crippen LogP contribution in [0.5, 0.6) is 0 Å². The van der Waals surface area contributed by atoms with Crippen molar-refractivity contribution in [3.63, 3.8) is 0 Å². The minimum Gasteiger partial charge on any atom is -0.368 e. The predicted molar refractivity (Wildman–Crippen MR) is 96.8 cm³/mol. The highest BCUT2D eigenvalue weighted by Gasteiger charge is 2.22. The van der Waals surface area contributed by atoms with Crippen LogP contribution in [0, 0.1) is 20.8 Å². The van der Waals surface area contributed by atoms with E-state index in [-0.39, 0.29) is 0 Å². The van der Waals surface area contributed by atoms with Crippen molar-refractivity contribution in [1.82, 2.24) is 30.8 Å². The number of aromatic nitrogens is 6. The van der Waals surface area contributed by atoms with Gasteiger partial charge in [0.2, 0.25) is 5.82 Å². The van der Waals surface area contributed by atoms with Crippen molar-refractivity contribution < 1.29 is 0 Å². The number of aromatic amines is 2. The van der Waals surface area contributed by atoms with E-state index in [0.29, 0.717) is 5.82 Å². The standard InChI is InChI=1S/C17H22N8/c1-11-4-5-14(17-20-22-23-21-17)10-15(11)24-6-8-25(9-7-24)16-12(2)18-19-13(16)3/h4-5,10H,6-9H2,1-3H3,(H,18,19)(H,20,21,22,23). The first-order valence-corrected chi connectivity index (χ1v) is 8.49. The molecule has 4 rings (SSSR count). The molecule has 0 unspecified atom stereocenters. The molecule has 0 spiro atoms. The van der Waals surface area contributed by atoms with Crippen molar-refractivity contribution in [1.29, 1.82) is 0 Å². The molecule has 0 radical (unpaired) electrons. The van der Waals surface area contributed by atoms with Gasteiger partial charge in [-0.2, -0.15) is 10.3 Å². The monoisotopic (exact) mass is 338 g/mol. The van der Waals surface area contributed by atoms with Gasteiger partial charge in [0.05, 0.1) is 17.1 Å². The third-order valence-electron chi connectivity index (χ3n) is 4.84. The molecule has 2 N–H and O–H groups in total. The maximum Gasteiger partial charge on any atom is 0.204 e. The Morgan fingerprint density at radius 2 is 1.72 bits per heavy atom. The molecule has 25 heavy (non-hydrogen) atoms. The lowest BCUT2D eigenvalue weighted by atomic mass is 10.1. The van der Waals surface area contributed by atoms with Gasteiger partial charge in [0, 0.05) is 37.4 Å². The fraction of sp³-hybridized carbons (Fsp3) is 0.412. The summed E-state index contributed by atoms with van der Waals surface area (Å²) < 4.78 is 0. The summed E-state index contributed by atoms with van der Waals surface area (Å²) in [6, 6.07) is 6.32. The summed E-state index contributed by atoms with van der Waals surface area (Å²) in [5.74, 6) is 0.629. The van der Waals surface area contributed by atoms with Gasteiger partial charge in [-0.3, -0.25) is 5.10 Å². The van der Waals surface area contributed by atoms with Crippen LogP contribution < -0.4 is 9.80 Å². The number of rotatable bonds is 3. The van der Waals surface area contributed by atoms with Gasteiger partial charge in [0.15, 0.2) is 0 Å². The van der Waals surface area contributed by atoms with Gasteiger partial charge >= 0.3 is 0 Å². The van der Waals surface area contributed by atoms with E-state index in [1.807, 2.05) is 6.07 Å². The number of tetrazole rings is 1. The van der Waals surface area contributed by atoms with E-state index in [1.54, 1.807) is 0 Å². The van der Waals surface area contributed by atoms with Crippen LogP contribution in [0.15, 0.2) is 18.2 Å². The van der Waals surface area contributed by atoms with Crippen LogP contribution in [0.1, 0.15) is 17.0 Å². The molecule has 0 saturated carbocycles. The second-order valence-corrected chi connectivity index (χ2v) is 6.49. The lowest BCUT2D eigenvalue weighted by Gasteiger charge is -2.38. The molecular weight excluding hydrogens is 316 g/mol. The van der Waals surface area contributed by atoms with Gasteiger partial charge in [0.25, 0.3) is 0 Å². The topological polar surface area (TPSA) is 89.6 Å². The second kappa shape index (κ2) is 6.19. The van der Waals surface area contributed by atoms with Crippen LogP contribution in [-0.2, 0) is 0 Å². The summed E-state index contributed by atoms with van der Waals surface area (Å²) in [5.41, 5.74) is 6.94. The molecule has 0 aliphatic carbocycles. The second-order valence-electron chi connectivity index (χ2n) is 6.49. The number of nitrogens with one attached hydrogen (secondary N) is 2. The molecule has 3 heterocycles. The highest BCUT2D eigenvalue weighted by atomic mass is 15.5. The molecule has 0 bridgehead atoms. The molecule has 8 heteroatoms. The molecule has 1 aliphatic heterocycles. The molecule has 1 fully saturated rings. The Bertz CT molecular complexity index is 839. The summed E-state index contributed by atoms with van der Waals surface area (Å²) in [6.07, 6.45) is 0. The summed E-state index contributed by atoms with van der Waals surface area (Å²) in [5, 5.41) is 21.7. The SMILES string of the molecule is Cc1ccc(-c2nn[nH]n2)cc1N1CCN(c2c(C)n[nH]c2C)CC1. The lowest BCUT2D eigenvalue weighted by molar-refractivity contribution is 0.650. The number of hydrogen-bond acceptors (Lipinski definition) is 6. The number of H-pyrrole nitrogens is 2. The van der Waals surface area contributed by atoms with Crippen LogP contribution in [-0.4, -0.2) is 57.0 Å². The van der Waals surface area contributed by atoms with Gasteiger partial charge in [0.1, 0.15) is 0 Å². The van der Waals surface area contributed by atoms with Crippen LogP contribution in [0.4, 0.5) is 11.4 Å². The molecule has 8 nitrogen and oxygen atoms in total. The molecular formula is C17H22N8. The zero-order valence-corrected chi connectivity index (χ0v) is 14.7. The molecule has 1 aliphatic rings. The van der Waals surface area contributed by atoms with E-state index < -0.39 is 0 Å². The quantitative estimate of drug-likeness (QED) is 0.757. The largest absolute Gasteiger partial charge is 0.368 e. The Kier molecular flexibility index (Phi) is 3.87. The molecule has 1 saturated heterocycles. The third-order valence-corrected chi connectivity index (χ3v) is 4.84. The van der Waals surface area contributed by atoms with E-state index in [0.717, 1.165) is 43.1 Å². The van der Waals surface area contributed by atoms with E-state index in [4.69, 9.17) is 0 Å². The van der Waals surface area contributed by atoms with Crippen molar-refractivity contribution in [3.8, 4) is 11.4 Å². The summed E-state index contributed by atoms with van der Waals surface area (Å²) in [6.45, 7) is 10.2. The number of anilines is 2. The first-order valence-electron chi connectivity index (χ1n) is 8.49. The van der Waals surface area contributed by atoms with Crippen molar-refractivity contribution in [2.75, 3.05) is 36.0 Å². The Balaban J connectivity index is 1.54. The van der Waals surface area contributed by atoms with Crippen LogP contribution in [0.3, 0.4) is 0 Å². The zero-order chi connectivity index (χ0) is 17.4. The van der Waals surface area contributed by atoms with Crippen LogP contribution in [0.2, 0.25) is 0 Å². The minimum absolute atomic E-state index is 0.629. The molecule has 0 amide bonds. The Morgan fingerprint density at radius 3 is 2.36 bits per heavy atom. The van der Waals surface area contributed by atoms with Crippen molar-refractivity contribution >= 4 is 11.4 Å². The first kappa shape index (κ1) is 15.6. The summed E-state index contributed by atoms with van der Waals surface area (Å²) in [7, 11) is 0. The Labute approximate surface area is 146 Å². The van der Waals surface area contributed by atoms with Crippen LogP contribution in [0.25, 0.3) is 11.4 Å². The maximum absolute atomic E-state index is 4.32. The average Bonchev–Trinajstić information content (AvgIpc) is 3.26. The third kappa shape index (κ3) is 2.84. The zero-order valence-electron chi connectivity index (χ0n) is 14.7. The van der Waals surface area contributed by atoms with Crippen molar-refractivity contribution in [2.45, 2.75) is 20.8 Å². The number of aryl methyl sites for hydroxylation is 3. The number of benzene rings is 1. The highest BCUT2D eigenvalue weighted by molar-refractivity contribution is 5.66. The highest BCUT2D eigenvalue weighted by Crippen LogP contribution is 2.29. The smallest absolute Gasteiger partial charge is 0.204 e. The average molecular weight is 338 g/mol. The molecule has 2 aromatic heterocycles. The molecule has 0 atom stereocenters. The molecule has 130 valence electrons. The summed E-state index contributed by atoms with van der Waals surface area (Å²) >= 11 is 0. The Morgan fingerprint density at radius 1 is 0.960 bits per heavy atom. The maximum atomic E-state index is 4.32. The molecule has 3 aromatic rings. The number of hydrogen-bond donors (Lipinski definition) is 2. The first-order chi connectivity index (χ1) is 12.1. The normalized spacial score (nSPS) is 15.0. The van der Waals surface area contributed by atoms with E-state index in [1.165, 1.54) is 16.9 Å². The summed E-state index contributed by atoms with van der Waals surface area (Å²) in [4.78, 5) is 4.85. The van der Waals surface area contributed by atoms with Crippen LogP contribution >= 0.6 is 0 Å².